The van der Waals surface area contributed by atoms with E-state index in [0.29, 0.717) is 19.6 Å². The normalized spacial score (nSPS) is 18.9. The van der Waals surface area contributed by atoms with Crippen LogP contribution in [-0.4, -0.2) is 48.6 Å². The fourth-order valence-corrected chi connectivity index (χ4v) is 3.88. The van der Waals surface area contributed by atoms with E-state index in [1.165, 1.54) is 4.90 Å². The molecule has 0 aromatic heterocycles. The molecule has 1 saturated heterocycles. The minimum Gasteiger partial charge on any atom is -0.492 e. The smallest absolute Gasteiger partial charge is 0.326 e. The Labute approximate surface area is 178 Å². The SMILES string of the molecule is Cc1ccccc1OCCN(C)CN1C(=O)NC(CC(C)C)(c2ccccc2)C1=O. The summed E-state index contributed by atoms with van der Waals surface area (Å²) in [4.78, 5) is 29.4. The first-order chi connectivity index (χ1) is 14.3. The second-order valence-electron chi connectivity index (χ2n) is 8.37. The van der Waals surface area contributed by atoms with Gasteiger partial charge in [0, 0.05) is 6.54 Å². The van der Waals surface area contributed by atoms with Crippen molar-refractivity contribution in [2.24, 2.45) is 5.92 Å². The van der Waals surface area contributed by atoms with Crippen LogP contribution >= 0.6 is 0 Å². The van der Waals surface area contributed by atoms with Crippen molar-refractivity contribution >= 4 is 11.9 Å². The summed E-state index contributed by atoms with van der Waals surface area (Å²) >= 11 is 0. The molecule has 1 atom stereocenters. The van der Waals surface area contributed by atoms with Gasteiger partial charge in [-0.25, -0.2) is 9.69 Å². The van der Waals surface area contributed by atoms with Gasteiger partial charge in [0.2, 0.25) is 0 Å². The molecule has 6 heteroatoms. The van der Waals surface area contributed by atoms with Gasteiger partial charge in [-0.15, -0.1) is 0 Å². The van der Waals surface area contributed by atoms with Gasteiger partial charge in [0.1, 0.15) is 17.9 Å². The number of carbonyl (C=O) groups excluding carboxylic acids is 2. The highest BCUT2D eigenvalue weighted by Gasteiger charge is 2.52. The quantitative estimate of drug-likeness (QED) is 0.641. The van der Waals surface area contributed by atoms with Crippen LogP contribution in [0.5, 0.6) is 5.75 Å². The maximum absolute atomic E-state index is 13.4. The first-order valence-electron chi connectivity index (χ1n) is 10.4. The third kappa shape index (κ3) is 4.65. The third-order valence-electron chi connectivity index (χ3n) is 5.36. The Morgan fingerprint density at radius 1 is 1.07 bits per heavy atom. The molecule has 0 saturated carbocycles. The molecule has 1 N–H and O–H groups in total. The monoisotopic (exact) mass is 409 g/mol. The van der Waals surface area contributed by atoms with E-state index >= 15 is 0 Å². The lowest BCUT2D eigenvalue weighted by Crippen LogP contribution is -2.46. The number of imide groups is 1. The Kier molecular flexibility index (Phi) is 6.77. The number of carbonyl (C=O) groups is 2. The number of nitrogens with zero attached hydrogens (tertiary/aromatic N) is 2. The average molecular weight is 410 g/mol. The lowest BCUT2D eigenvalue weighted by molar-refractivity contribution is -0.133. The van der Waals surface area contributed by atoms with Crippen LogP contribution < -0.4 is 10.1 Å². The Bertz CT molecular complexity index is 884. The largest absolute Gasteiger partial charge is 0.492 e. The molecule has 0 aliphatic carbocycles. The van der Waals surface area contributed by atoms with Crippen molar-refractivity contribution in [2.75, 3.05) is 26.9 Å². The molecule has 1 fully saturated rings. The number of nitrogens with one attached hydrogen (secondary N) is 1. The van der Waals surface area contributed by atoms with Crippen molar-refractivity contribution in [3.63, 3.8) is 0 Å². The minimum absolute atomic E-state index is 0.195. The molecule has 2 aromatic carbocycles. The van der Waals surface area contributed by atoms with E-state index in [1.54, 1.807) is 0 Å². The molecule has 0 radical (unpaired) electrons. The van der Waals surface area contributed by atoms with Gasteiger partial charge in [-0.05, 0) is 43.5 Å². The highest BCUT2D eigenvalue weighted by molar-refractivity contribution is 6.07. The van der Waals surface area contributed by atoms with E-state index in [0.717, 1.165) is 16.9 Å². The Morgan fingerprint density at radius 3 is 2.40 bits per heavy atom. The maximum Gasteiger partial charge on any atom is 0.326 e. The van der Waals surface area contributed by atoms with Crippen molar-refractivity contribution < 1.29 is 14.3 Å². The lowest BCUT2D eigenvalue weighted by Gasteiger charge is -2.29. The number of ether oxygens (including phenoxy) is 1. The van der Waals surface area contributed by atoms with Crippen LogP contribution in [0.1, 0.15) is 31.4 Å². The standard InChI is InChI=1S/C24H31N3O3/c1-18(2)16-24(20-11-6-5-7-12-20)22(28)27(23(29)25-24)17-26(4)14-15-30-21-13-9-8-10-19(21)3/h5-13,18H,14-17H2,1-4H3,(H,25,29). The predicted molar refractivity (Wildman–Crippen MR) is 117 cm³/mol. The molecule has 160 valence electrons. The van der Waals surface area contributed by atoms with Crippen LogP contribution in [0.15, 0.2) is 54.6 Å². The minimum atomic E-state index is -1.01. The molecule has 0 bridgehead atoms. The second kappa shape index (κ2) is 9.30. The molecule has 0 spiro atoms. The van der Waals surface area contributed by atoms with E-state index in [1.807, 2.05) is 73.5 Å². The molecule has 1 aliphatic rings. The number of hydrogen-bond donors (Lipinski definition) is 1. The van der Waals surface area contributed by atoms with Gasteiger partial charge in [0.15, 0.2) is 0 Å². The summed E-state index contributed by atoms with van der Waals surface area (Å²) in [6.07, 6.45) is 0.554. The summed E-state index contributed by atoms with van der Waals surface area (Å²) in [6, 6.07) is 17.0. The third-order valence-corrected chi connectivity index (χ3v) is 5.36. The summed E-state index contributed by atoms with van der Waals surface area (Å²) < 4.78 is 5.84. The van der Waals surface area contributed by atoms with Gasteiger partial charge < -0.3 is 10.1 Å². The van der Waals surface area contributed by atoms with Gasteiger partial charge in [0.05, 0.1) is 6.67 Å². The van der Waals surface area contributed by atoms with Crippen molar-refractivity contribution in [3.05, 3.63) is 65.7 Å². The molecular formula is C24H31N3O3. The number of benzene rings is 2. The second-order valence-corrected chi connectivity index (χ2v) is 8.37. The van der Waals surface area contributed by atoms with Crippen LogP contribution in [0.4, 0.5) is 4.79 Å². The van der Waals surface area contributed by atoms with Gasteiger partial charge in [-0.1, -0.05) is 62.4 Å². The number of likely N-dealkylation sites (N-methyl/N-ethyl adjacent to an activating group) is 1. The lowest BCUT2D eigenvalue weighted by atomic mass is 9.82. The van der Waals surface area contributed by atoms with E-state index in [4.69, 9.17) is 4.74 Å². The molecule has 3 amide bonds. The number of hydrogen-bond acceptors (Lipinski definition) is 4. The van der Waals surface area contributed by atoms with Crippen molar-refractivity contribution in [3.8, 4) is 5.75 Å². The fraction of sp³-hybridized carbons (Fsp3) is 0.417. The number of urea groups is 1. The molecule has 30 heavy (non-hydrogen) atoms. The number of rotatable bonds is 9. The maximum atomic E-state index is 13.4. The number of amides is 3. The molecule has 1 heterocycles. The van der Waals surface area contributed by atoms with Crippen molar-refractivity contribution in [1.29, 1.82) is 0 Å². The van der Waals surface area contributed by atoms with E-state index < -0.39 is 5.54 Å². The zero-order chi connectivity index (χ0) is 21.7. The van der Waals surface area contributed by atoms with Crippen LogP contribution in [0.2, 0.25) is 0 Å². The van der Waals surface area contributed by atoms with Crippen molar-refractivity contribution in [2.45, 2.75) is 32.7 Å². The Balaban J connectivity index is 1.66. The van der Waals surface area contributed by atoms with Crippen LogP contribution in [-0.2, 0) is 10.3 Å². The summed E-state index contributed by atoms with van der Waals surface area (Å²) in [7, 11) is 1.88. The molecule has 1 aliphatic heterocycles. The van der Waals surface area contributed by atoms with Crippen LogP contribution in [0.25, 0.3) is 0 Å². The first-order valence-corrected chi connectivity index (χ1v) is 10.4. The molecule has 1 unspecified atom stereocenters. The Hall–Kier alpha value is -2.86. The van der Waals surface area contributed by atoms with Crippen LogP contribution in [0, 0.1) is 12.8 Å². The highest BCUT2D eigenvalue weighted by Crippen LogP contribution is 2.35. The number of aryl methyl sites for hydroxylation is 1. The zero-order valence-electron chi connectivity index (χ0n) is 18.2. The van der Waals surface area contributed by atoms with Crippen molar-refractivity contribution in [1.82, 2.24) is 15.1 Å². The Morgan fingerprint density at radius 2 is 1.73 bits per heavy atom. The molecule has 2 aromatic rings. The molecular weight excluding hydrogens is 378 g/mol. The zero-order valence-corrected chi connectivity index (χ0v) is 18.2. The highest BCUT2D eigenvalue weighted by atomic mass is 16.5. The molecule has 3 rings (SSSR count). The summed E-state index contributed by atoms with van der Waals surface area (Å²) in [6.45, 7) is 7.40. The summed E-state index contributed by atoms with van der Waals surface area (Å²) in [5.74, 6) is 0.898. The molecule has 6 nitrogen and oxygen atoms in total. The van der Waals surface area contributed by atoms with E-state index in [2.05, 4.69) is 19.2 Å². The van der Waals surface area contributed by atoms with Crippen LogP contribution in [0.3, 0.4) is 0 Å². The van der Waals surface area contributed by atoms with Gasteiger partial charge in [0.25, 0.3) is 5.91 Å². The number of para-hydroxylation sites is 1. The van der Waals surface area contributed by atoms with E-state index in [9.17, 15) is 9.59 Å². The predicted octanol–water partition coefficient (Wildman–Crippen LogP) is 3.76. The fourth-order valence-electron chi connectivity index (χ4n) is 3.88. The first kappa shape index (κ1) is 21.8. The van der Waals surface area contributed by atoms with Gasteiger partial charge in [-0.3, -0.25) is 9.69 Å². The van der Waals surface area contributed by atoms with Gasteiger partial charge in [-0.2, -0.15) is 0 Å². The summed E-state index contributed by atoms with van der Waals surface area (Å²) in [5, 5.41) is 2.99. The van der Waals surface area contributed by atoms with Gasteiger partial charge >= 0.3 is 6.03 Å². The van der Waals surface area contributed by atoms with E-state index in [-0.39, 0.29) is 24.5 Å². The summed E-state index contributed by atoms with van der Waals surface area (Å²) in [5.41, 5.74) is 0.894. The average Bonchev–Trinajstić information content (AvgIpc) is 2.94. The topological polar surface area (TPSA) is 61.9 Å².